The molecular weight excluding hydrogens is 268 g/mol. The van der Waals surface area contributed by atoms with Crippen molar-refractivity contribution in [3.63, 3.8) is 0 Å². The fourth-order valence-corrected chi connectivity index (χ4v) is 3.07. The number of nitrogens with zero attached hydrogens (tertiary/aromatic N) is 2. The van der Waals surface area contributed by atoms with E-state index in [1.165, 1.54) is 0 Å². The molecule has 1 atom stereocenters. The van der Waals surface area contributed by atoms with Gasteiger partial charge in [-0.2, -0.15) is 0 Å². The van der Waals surface area contributed by atoms with Crippen molar-refractivity contribution in [3.05, 3.63) is 0 Å². The first-order chi connectivity index (χ1) is 9.85. The van der Waals surface area contributed by atoms with Crippen LogP contribution in [0.1, 0.15) is 52.9 Å². The maximum absolute atomic E-state index is 12.2. The largest absolute Gasteiger partial charge is 0.444 e. The van der Waals surface area contributed by atoms with E-state index >= 15 is 0 Å². The van der Waals surface area contributed by atoms with Gasteiger partial charge in [0.05, 0.1) is 0 Å². The Kier molecular flexibility index (Phi) is 5.12. The van der Waals surface area contributed by atoms with E-state index in [4.69, 9.17) is 4.74 Å². The molecule has 0 unspecified atom stereocenters. The maximum Gasteiger partial charge on any atom is 0.410 e. The van der Waals surface area contributed by atoms with Gasteiger partial charge in [-0.25, -0.2) is 4.79 Å². The maximum atomic E-state index is 12.2. The fourth-order valence-electron chi connectivity index (χ4n) is 3.07. The topological polar surface area (TPSA) is 49.9 Å². The second-order valence-corrected chi connectivity index (χ2v) is 7.23. The van der Waals surface area contributed by atoms with Gasteiger partial charge in [0.2, 0.25) is 5.91 Å². The minimum absolute atomic E-state index is 0.249. The summed E-state index contributed by atoms with van der Waals surface area (Å²) in [6.45, 7) is 8.83. The molecule has 2 saturated heterocycles. The SMILES string of the molecule is CC(C)(C)OC(=O)N1CCC[C@@H](CC(=O)N2CCCC2)C1. The van der Waals surface area contributed by atoms with Gasteiger partial charge >= 0.3 is 6.09 Å². The highest BCUT2D eigenvalue weighted by Crippen LogP contribution is 2.23. The Morgan fingerprint density at radius 3 is 2.29 bits per heavy atom. The number of amides is 2. The summed E-state index contributed by atoms with van der Waals surface area (Å²) in [5, 5.41) is 0. The predicted molar refractivity (Wildman–Crippen MR) is 81.0 cm³/mol. The lowest BCUT2D eigenvalue weighted by molar-refractivity contribution is -0.131. The molecule has 120 valence electrons. The highest BCUT2D eigenvalue weighted by Gasteiger charge is 2.30. The van der Waals surface area contributed by atoms with E-state index in [0.717, 1.165) is 45.3 Å². The Bertz CT molecular complexity index is 383. The first-order valence-electron chi connectivity index (χ1n) is 8.11. The molecule has 0 saturated carbocycles. The number of carbonyl (C=O) groups is 2. The molecule has 2 aliphatic rings. The number of likely N-dealkylation sites (tertiary alicyclic amines) is 2. The van der Waals surface area contributed by atoms with Crippen molar-refractivity contribution in [2.45, 2.75) is 58.5 Å². The summed E-state index contributed by atoms with van der Waals surface area (Å²) >= 11 is 0. The number of rotatable bonds is 2. The molecule has 0 aromatic carbocycles. The number of hydrogen-bond acceptors (Lipinski definition) is 3. The second-order valence-electron chi connectivity index (χ2n) is 7.23. The van der Waals surface area contributed by atoms with E-state index in [0.29, 0.717) is 13.0 Å². The molecule has 0 aromatic rings. The molecule has 0 N–H and O–H groups in total. The van der Waals surface area contributed by atoms with Crippen molar-refractivity contribution in [3.8, 4) is 0 Å². The van der Waals surface area contributed by atoms with Crippen molar-refractivity contribution >= 4 is 12.0 Å². The average molecular weight is 296 g/mol. The lowest BCUT2D eigenvalue weighted by atomic mass is 9.94. The minimum atomic E-state index is -0.463. The fraction of sp³-hybridized carbons (Fsp3) is 0.875. The lowest BCUT2D eigenvalue weighted by Gasteiger charge is -2.34. The van der Waals surface area contributed by atoms with Gasteiger partial charge in [0, 0.05) is 32.6 Å². The minimum Gasteiger partial charge on any atom is -0.444 e. The summed E-state index contributed by atoms with van der Waals surface area (Å²) in [6.07, 6.45) is 4.55. The summed E-state index contributed by atoms with van der Waals surface area (Å²) in [7, 11) is 0. The third-order valence-corrected chi connectivity index (χ3v) is 4.09. The predicted octanol–water partition coefficient (Wildman–Crippen LogP) is 2.65. The standard InChI is InChI=1S/C16H28N2O3/c1-16(2,3)21-15(20)18-10-6-7-13(12-18)11-14(19)17-8-4-5-9-17/h13H,4-12H2,1-3H3/t13-/m0/s1. The number of piperidine rings is 1. The monoisotopic (exact) mass is 296 g/mol. The molecule has 0 bridgehead atoms. The van der Waals surface area contributed by atoms with Crippen LogP contribution in [-0.2, 0) is 9.53 Å². The lowest BCUT2D eigenvalue weighted by Crippen LogP contribution is -2.44. The smallest absolute Gasteiger partial charge is 0.410 e. The number of hydrogen-bond donors (Lipinski definition) is 0. The van der Waals surface area contributed by atoms with Crippen LogP contribution in [0.3, 0.4) is 0 Å². The summed E-state index contributed by atoms with van der Waals surface area (Å²) in [5.41, 5.74) is -0.463. The van der Waals surface area contributed by atoms with Gasteiger partial charge in [0.1, 0.15) is 5.60 Å². The highest BCUT2D eigenvalue weighted by atomic mass is 16.6. The Morgan fingerprint density at radius 2 is 1.67 bits per heavy atom. The van der Waals surface area contributed by atoms with Crippen LogP contribution in [0.2, 0.25) is 0 Å². The normalized spacial score (nSPS) is 23.3. The average Bonchev–Trinajstić information content (AvgIpc) is 2.91. The number of carbonyl (C=O) groups excluding carboxylic acids is 2. The molecule has 5 nitrogen and oxygen atoms in total. The van der Waals surface area contributed by atoms with Gasteiger partial charge in [-0.05, 0) is 52.4 Å². The molecule has 2 heterocycles. The van der Waals surface area contributed by atoms with Crippen molar-refractivity contribution in [2.24, 2.45) is 5.92 Å². The zero-order chi connectivity index (χ0) is 15.5. The van der Waals surface area contributed by atoms with Crippen molar-refractivity contribution < 1.29 is 14.3 Å². The summed E-state index contributed by atoms with van der Waals surface area (Å²) < 4.78 is 5.42. The van der Waals surface area contributed by atoms with Crippen LogP contribution in [0.4, 0.5) is 4.79 Å². The molecule has 2 rings (SSSR count). The van der Waals surface area contributed by atoms with Gasteiger partial charge in [-0.3, -0.25) is 4.79 Å². The summed E-state index contributed by atoms with van der Waals surface area (Å²) in [5.74, 6) is 0.530. The molecule has 5 heteroatoms. The summed E-state index contributed by atoms with van der Waals surface area (Å²) in [4.78, 5) is 28.0. The molecule has 0 radical (unpaired) electrons. The van der Waals surface area contributed by atoms with E-state index in [-0.39, 0.29) is 17.9 Å². The van der Waals surface area contributed by atoms with Gasteiger partial charge in [0.25, 0.3) is 0 Å². The van der Waals surface area contributed by atoms with Crippen molar-refractivity contribution in [2.75, 3.05) is 26.2 Å². The quantitative estimate of drug-likeness (QED) is 0.787. The Morgan fingerprint density at radius 1 is 1.05 bits per heavy atom. The zero-order valence-corrected chi connectivity index (χ0v) is 13.6. The zero-order valence-electron chi connectivity index (χ0n) is 13.6. The molecular formula is C16H28N2O3. The summed E-state index contributed by atoms with van der Waals surface area (Å²) in [6, 6.07) is 0. The van der Waals surface area contributed by atoms with Crippen LogP contribution in [-0.4, -0.2) is 53.6 Å². The van der Waals surface area contributed by atoms with Crippen LogP contribution in [0.25, 0.3) is 0 Å². The van der Waals surface area contributed by atoms with Crippen LogP contribution < -0.4 is 0 Å². The van der Waals surface area contributed by atoms with E-state index in [2.05, 4.69) is 0 Å². The van der Waals surface area contributed by atoms with E-state index in [1.807, 2.05) is 25.7 Å². The van der Waals surface area contributed by atoms with E-state index in [1.54, 1.807) is 4.90 Å². The van der Waals surface area contributed by atoms with Gasteiger partial charge < -0.3 is 14.5 Å². The Balaban J connectivity index is 1.82. The van der Waals surface area contributed by atoms with Gasteiger partial charge in [0.15, 0.2) is 0 Å². The number of ether oxygens (including phenoxy) is 1. The molecule has 2 amide bonds. The van der Waals surface area contributed by atoms with Crippen molar-refractivity contribution in [1.82, 2.24) is 9.80 Å². The van der Waals surface area contributed by atoms with Crippen LogP contribution >= 0.6 is 0 Å². The molecule has 21 heavy (non-hydrogen) atoms. The first kappa shape index (κ1) is 16.1. The molecule has 0 aromatic heterocycles. The first-order valence-corrected chi connectivity index (χ1v) is 8.11. The molecule has 0 aliphatic carbocycles. The molecule has 2 fully saturated rings. The van der Waals surface area contributed by atoms with E-state index < -0.39 is 5.60 Å². The third kappa shape index (κ3) is 4.90. The van der Waals surface area contributed by atoms with E-state index in [9.17, 15) is 9.59 Å². The molecule has 0 spiro atoms. The van der Waals surface area contributed by atoms with Crippen LogP contribution in [0.15, 0.2) is 0 Å². The Hall–Kier alpha value is -1.26. The highest BCUT2D eigenvalue weighted by molar-refractivity contribution is 5.77. The Labute approximate surface area is 127 Å². The molecule has 2 aliphatic heterocycles. The van der Waals surface area contributed by atoms with Crippen molar-refractivity contribution in [1.29, 1.82) is 0 Å². The van der Waals surface area contributed by atoms with Crippen LogP contribution in [0.5, 0.6) is 0 Å². The van der Waals surface area contributed by atoms with Gasteiger partial charge in [-0.15, -0.1) is 0 Å². The second kappa shape index (κ2) is 6.67. The van der Waals surface area contributed by atoms with Gasteiger partial charge in [-0.1, -0.05) is 0 Å². The third-order valence-electron chi connectivity index (χ3n) is 4.09. The van der Waals surface area contributed by atoms with Crippen LogP contribution in [0, 0.1) is 5.92 Å².